The van der Waals surface area contributed by atoms with Gasteiger partial charge in [-0.15, -0.1) is 5.10 Å². The molecular weight excluding hydrogens is 256 g/mol. The Hall–Kier alpha value is -2.96. The number of H-pyrrole nitrogens is 1. The molecule has 1 amide bonds. The van der Waals surface area contributed by atoms with Gasteiger partial charge in [-0.2, -0.15) is 5.21 Å². The van der Waals surface area contributed by atoms with Gasteiger partial charge in [0.05, 0.1) is 0 Å². The normalized spacial score (nSPS) is 12.0. The number of anilines is 1. The third kappa shape index (κ3) is 2.41. The molecule has 0 aliphatic rings. The summed E-state index contributed by atoms with van der Waals surface area (Å²) in [6, 6.07) is 12.8. The minimum absolute atomic E-state index is 0.156. The first-order valence-corrected chi connectivity index (χ1v) is 6.06. The maximum Gasteiger partial charge on any atom is 0.269 e. The van der Waals surface area contributed by atoms with E-state index in [4.69, 9.17) is 0 Å². The lowest BCUT2D eigenvalue weighted by molar-refractivity contribution is -0.118. The smallest absolute Gasteiger partial charge is 0.269 e. The first-order valence-electron chi connectivity index (χ1n) is 6.06. The van der Waals surface area contributed by atoms with E-state index in [-0.39, 0.29) is 11.9 Å². The van der Waals surface area contributed by atoms with Gasteiger partial charge in [-0.25, -0.2) is 0 Å². The number of carbonyl (C=O) groups excluding carboxylic acids is 1. The average molecular weight is 268 g/mol. The largest absolute Gasteiger partial charge is 0.338 e. The molecule has 1 aromatic carbocycles. The molecule has 0 aliphatic carbocycles. The van der Waals surface area contributed by atoms with Crippen molar-refractivity contribution in [2.75, 3.05) is 5.32 Å². The van der Waals surface area contributed by atoms with Crippen molar-refractivity contribution in [1.82, 2.24) is 25.2 Å². The van der Waals surface area contributed by atoms with Crippen molar-refractivity contribution in [1.29, 1.82) is 0 Å². The van der Waals surface area contributed by atoms with Crippen molar-refractivity contribution in [3.05, 3.63) is 60.4 Å². The van der Waals surface area contributed by atoms with Gasteiger partial charge in [0.1, 0.15) is 6.04 Å². The van der Waals surface area contributed by atoms with E-state index in [9.17, 15) is 4.79 Å². The Morgan fingerprint density at radius 1 is 1.15 bits per heavy atom. The SMILES string of the molecule is O=C(Nc1nn[nH]n1)[C@@H](c1ccccc1)n1cccc1. The number of carbonyl (C=O) groups is 1. The molecule has 0 radical (unpaired) electrons. The summed E-state index contributed by atoms with van der Waals surface area (Å²) in [7, 11) is 0. The lowest BCUT2D eigenvalue weighted by Crippen LogP contribution is -2.26. The van der Waals surface area contributed by atoms with Gasteiger partial charge in [0.15, 0.2) is 0 Å². The lowest BCUT2D eigenvalue weighted by Gasteiger charge is -2.17. The van der Waals surface area contributed by atoms with E-state index in [1.165, 1.54) is 0 Å². The highest BCUT2D eigenvalue weighted by molar-refractivity contribution is 5.94. The lowest BCUT2D eigenvalue weighted by atomic mass is 10.1. The van der Waals surface area contributed by atoms with E-state index in [1.54, 1.807) is 0 Å². The number of aromatic amines is 1. The van der Waals surface area contributed by atoms with Crippen LogP contribution in [0.1, 0.15) is 11.6 Å². The van der Waals surface area contributed by atoms with E-state index in [0.29, 0.717) is 0 Å². The summed E-state index contributed by atoms with van der Waals surface area (Å²) in [4.78, 5) is 12.5. The molecule has 20 heavy (non-hydrogen) atoms. The zero-order chi connectivity index (χ0) is 13.8. The van der Waals surface area contributed by atoms with E-state index >= 15 is 0 Å². The fourth-order valence-corrected chi connectivity index (χ4v) is 2.01. The maximum atomic E-state index is 12.5. The molecule has 0 saturated carbocycles. The first kappa shape index (κ1) is 12.1. The van der Waals surface area contributed by atoms with Crippen LogP contribution in [0.15, 0.2) is 54.9 Å². The van der Waals surface area contributed by atoms with E-state index in [1.807, 2.05) is 59.4 Å². The van der Waals surface area contributed by atoms with Crippen LogP contribution in [0.3, 0.4) is 0 Å². The Bertz CT molecular complexity index is 662. The third-order valence-corrected chi connectivity index (χ3v) is 2.87. The topological polar surface area (TPSA) is 88.5 Å². The predicted octanol–water partition coefficient (Wildman–Crippen LogP) is 1.23. The second-order valence-electron chi connectivity index (χ2n) is 4.17. The molecule has 0 aliphatic heterocycles. The van der Waals surface area contributed by atoms with Crippen molar-refractivity contribution >= 4 is 11.9 Å². The molecule has 0 spiro atoms. The zero-order valence-corrected chi connectivity index (χ0v) is 10.5. The van der Waals surface area contributed by atoms with Crippen molar-refractivity contribution < 1.29 is 4.79 Å². The van der Waals surface area contributed by atoms with Crippen LogP contribution in [-0.4, -0.2) is 31.1 Å². The van der Waals surface area contributed by atoms with Crippen molar-refractivity contribution in [3.63, 3.8) is 0 Å². The van der Waals surface area contributed by atoms with Gasteiger partial charge in [-0.3, -0.25) is 10.1 Å². The molecular formula is C13H12N6O. The molecule has 7 heteroatoms. The first-order chi connectivity index (χ1) is 9.84. The number of tetrazole rings is 1. The summed E-state index contributed by atoms with van der Waals surface area (Å²) in [5, 5.41) is 15.8. The molecule has 2 N–H and O–H groups in total. The van der Waals surface area contributed by atoms with Gasteiger partial charge in [0, 0.05) is 12.4 Å². The molecule has 0 saturated heterocycles. The number of hydrogen-bond donors (Lipinski definition) is 2. The Kier molecular flexibility index (Phi) is 3.24. The molecule has 3 aromatic rings. The summed E-state index contributed by atoms with van der Waals surface area (Å²) >= 11 is 0. The van der Waals surface area contributed by atoms with Gasteiger partial charge < -0.3 is 4.57 Å². The zero-order valence-electron chi connectivity index (χ0n) is 10.5. The summed E-state index contributed by atoms with van der Waals surface area (Å²) in [5.74, 6) is -0.0723. The van der Waals surface area contributed by atoms with E-state index in [2.05, 4.69) is 25.9 Å². The Morgan fingerprint density at radius 3 is 2.55 bits per heavy atom. The number of nitrogens with zero attached hydrogens (tertiary/aromatic N) is 4. The highest BCUT2D eigenvalue weighted by atomic mass is 16.2. The molecule has 2 heterocycles. The standard InChI is InChI=1S/C13H12N6O/c20-12(14-13-15-17-18-16-13)11(19-8-4-5-9-19)10-6-2-1-3-7-10/h1-9,11H,(H2,14,15,16,17,18,20)/t11-/m1/s1. The van der Waals surface area contributed by atoms with Crippen LogP contribution in [0, 0.1) is 0 Å². The number of benzene rings is 1. The van der Waals surface area contributed by atoms with Gasteiger partial charge in [-0.05, 0) is 22.9 Å². The number of hydrogen-bond acceptors (Lipinski definition) is 4. The van der Waals surface area contributed by atoms with Crippen molar-refractivity contribution in [2.45, 2.75) is 6.04 Å². The minimum atomic E-state index is -0.482. The van der Waals surface area contributed by atoms with Crippen molar-refractivity contribution in [2.24, 2.45) is 0 Å². The van der Waals surface area contributed by atoms with Crippen LogP contribution >= 0.6 is 0 Å². The molecule has 2 aromatic heterocycles. The molecule has 1 atom stereocenters. The molecule has 3 rings (SSSR count). The van der Waals surface area contributed by atoms with Crippen LogP contribution in [0.5, 0.6) is 0 Å². The van der Waals surface area contributed by atoms with Crippen LogP contribution in [0.25, 0.3) is 0 Å². The fourth-order valence-electron chi connectivity index (χ4n) is 2.01. The summed E-state index contributed by atoms with van der Waals surface area (Å²) in [5.41, 5.74) is 0.879. The monoisotopic (exact) mass is 268 g/mol. The van der Waals surface area contributed by atoms with Gasteiger partial charge in [-0.1, -0.05) is 35.4 Å². The number of nitrogens with one attached hydrogen (secondary N) is 2. The van der Waals surface area contributed by atoms with E-state index < -0.39 is 6.04 Å². The quantitative estimate of drug-likeness (QED) is 0.744. The Balaban J connectivity index is 1.92. The highest BCUT2D eigenvalue weighted by Gasteiger charge is 2.22. The number of rotatable bonds is 4. The van der Waals surface area contributed by atoms with Crippen LogP contribution in [0.2, 0.25) is 0 Å². The maximum absolute atomic E-state index is 12.5. The molecule has 0 fully saturated rings. The highest BCUT2D eigenvalue weighted by Crippen LogP contribution is 2.19. The Labute approximate surface area is 114 Å². The van der Waals surface area contributed by atoms with Crippen LogP contribution < -0.4 is 5.32 Å². The summed E-state index contributed by atoms with van der Waals surface area (Å²) in [6.45, 7) is 0. The number of aromatic nitrogens is 5. The van der Waals surface area contributed by atoms with Crippen LogP contribution in [-0.2, 0) is 4.79 Å². The van der Waals surface area contributed by atoms with Crippen molar-refractivity contribution in [3.8, 4) is 0 Å². The van der Waals surface area contributed by atoms with Gasteiger partial charge in [0.2, 0.25) is 0 Å². The second-order valence-corrected chi connectivity index (χ2v) is 4.17. The predicted molar refractivity (Wildman–Crippen MR) is 71.8 cm³/mol. The minimum Gasteiger partial charge on any atom is -0.338 e. The molecule has 100 valence electrons. The van der Waals surface area contributed by atoms with Gasteiger partial charge >= 0.3 is 0 Å². The number of amides is 1. The Morgan fingerprint density at radius 2 is 1.90 bits per heavy atom. The average Bonchev–Trinajstić information content (AvgIpc) is 3.14. The summed E-state index contributed by atoms with van der Waals surface area (Å²) < 4.78 is 1.82. The fraction of sp³-hybridized carbons (Fsp3) is 0.0769. The van der Waals surface area contributed by atoms with Gasteiger partial charge in [0.25, 0.3) is 11.9 Å². The molecule has 0 unspecified atom stereocenters. The second kappa shape index (κ2) is 5.35. The summed E-state index contributed by atoms with van der Waals surface area (Å²) in [6.07, 6.45) is 3.68. The van der Waals surface area contributed by atoms with E-state index in [0.717, 1.165) is 5.56 Å². The molecule has 7 nitrogen and oxygen atoms in total. The third-order valence-electron chi connectivity index (χ3n) is 2.87. The molecule has 0 bridgehead atoms. The van der Waals surface area contributed by atoms with Crippen LogP contribution in [0.4, 0.5) is 5.95 Å².